The molecule has 0 unspecified atom stereocenters. The number of ether oxygens (including phenoxy) is 4. The van der Waals surface area contributed by atoms with Crippen LogP contribution in [0.3, 0.4) is 0 Å². The summed E-state index contributed by atoms with van der Waals surface area (Å²) in [5.74, 6) is 2.01. The molecule has 0 aliphatic carbocycles. The second-order valence-corrected chi connectivity index (χ2v) is 11.4. The summed E-state index contributed by atoms with van der Waals surface area (Å²) in [6.45, 7) is 0.243. The number of thioether (sulfide) groups is 1. The summed E-state index contributed by atoms with van der Waals surface area (Å²) in [6, 6.07) is 40.7. The number of amides is 1. The molecule has 0 saturated heterocycles. The third-order valence-corrected chi connectivity index (χ3v) is 8.69. The van der Waals surface area contributed by atoms with E-state index in [1.807, 2.05) is 48.5 Å². The Labute approximate surface area is 276 Å². The first-order valence-corrected chi connectivity index (χ1v) is 15.7. The lowest BCUT2D eigenvalue weighted by atomic mass is 9.84. The van der Waals surface area contributed by atoms with Gasteiger partial charge in [-0.25, -0.2) is 4.79 Å². The van der Waals surface area contributed by atoms with Gasteiger partial charge >= 0.3 is 6.16 Å². The molecule has 5 aromatic rings. The zero-order chi connectivity index (χ0) is 32.9. The van der Waals surface area contributed by atoms with Crippen LogP contribution in [0.4, 0.5) is 10.5 Å². The van der Waals surface area contributed by atoms with Crippen molar-refractivity contribution in [1.29, 1.82) is 0 Å². The number of nitrogens with zero attached hydrogens (tertiary/aromatic N) is 1. The Hall–Kier alpha value is -5.61. The first kappa shape index (κ1) is 32.8. The average molecular weight is 649 g/mol. The fourth-order valence-corrected chi connectivity index (χ4v) is 6.33. The van der Waals surface area contributed by atoms with Crippen LogP contribution < -0.4 is 24.3 Å². The van der Waals surface area contributed by atoms with Gasteiger partial charge in [0.1, 0.15) is 28.7 Å². The number of nitrogens with one attached hydrogen (secondary N) is 1. The van der Waals surface area contributed by atoms with E-state index in [4.69, 9.17) is 18.9 Å². The first-order valence-electron chi connectivity index (χ1n) is 14.7. The van der Waals surface area contributed by atoms with Crippen molar-refractivity contribution in [2.45, 2.75) is 4.75 Å². The van der Waals surface area contributed by atoms with Crippen molar-refractivity contribution in [3.8, 4) is 23.0 Å². The Morgan fingerprint density at radius 2 is 1.15 bits per heavy atom. The molecule has 0 aliphatic rings. The number of carbonyl (C=O) groups excluding carboxylic acids is 2. The van der Waals surface area contributed by atoms with Crippen LogP contribution in [0.2, 0.25) is 0 Å². The third-order valence-electron chi connectivity index (χ3n) is 7.14. The van der Waals surface area contributed by atoms with Crippen molar-refractivity contribution >= 4 is 29.5 Å². The molecule has 0 spiro atoms. The minimum atomic E-state index is -0.946. The molecule has 0 fully saturated rings. The topological polar surface area (TPSA) is 113 Å². The van der Waals surface area contributed by atoms with Crippen LogP contribution in [0.15, 0.2) is 139 Å². The molecule has 0 saturated carbocycles. The second-order valence-electron chi connectivity index (χ2n) is 10.1. The van der Waals surface area contributed by atoms with E-state index in [9.17, 15) is 14.5 Å². The summed E-state index contributed by atoms with van der Waals surface area (Å²) in [5, 5.41) is 5.74. The van der Waals surface area contributed by atoms with Crippen molar-refractivity contribution in [2.75, 3.05) is 26.0 Å². The molecule has 0 bridgehead atoms. The fourth-order valence-electron chi connectivity index (χ4n) is 4.91. The molecule has 47 heavy (non-hydrogen) atoms. The molecule has 0 atom stereocenters. The molecule has 9 nitrogen and oxygen atoms in total. The van der Waals surface area contributed by atoms with Crippen molar-refractivity contribution in [3.05, 3.63) is 155 Å². The molecule has 1 N–H and O–H groups in total. The van der Waals surface area contributed by atoms with Crippen LogP contribution >= 0.6 is 11.8 Å². The van der Waals surface area contributed by atoms with Crippen LogP contribution in [-0.2, 0) is 9.54 Å². The number of nitroso groups, excluding NO2 is 1. The number of benzene rings is 5. The Kier molecular flexibility index (Phi) is 11.2. The lowest BCUT2D eigenvalue weighted by Gasteiger charge is -2.35. The van der Waals surface area contributed by atoms with Gasteiger partial charge in [0.05, 0.1) is 11.9 Å². The molecular formula is C37H32N2O7S. The highest BCUT2D eigenvalue weighted by Gasteiger charge is 2.36. The molecule has 5 aromatic carbocycles. The summed E-state index contributed by atoms with van der Waals surface area (Å²) < 4.78 is 20.8. The van der Waals surface area contributed by atoms with Crippen LogP contribution in [-0.4, -0.2) is 38.1 Å². The fraction of sp³-hybridized carbons (Fsp3) is 0.135. The molecule has 0 radical (unpaired) electrons. The predicted molar refractivity (Wildman–Crippen MR) is 182 cm³/mol. The second kappa shape index (κ2) is 16.1. The van der Waals surface area contributed by atoms with Gasteiger partial charge < -0.3 is 24.3 Å². The maximum Gasteiger partial charge on any atom is 0.519 e. The highest BCUT2D eigenvalue weighted by molar-refractivity contribution is 8.00. The summed E-state index contributed by atoms with van der Waals surface area (Å²) in [5.41, 5.74) is 3.57. The molecule has 1 amide bonds. The quantitative estimate of drug-likeness (QED) is 0.0425. The number of hydrogen-bond acceptors (Lipinski definition) is 9. The highest BCUT2D eigenvalue weighted by Crippen LogP contribution is 2.48. The summed E-state index contributed by atoms with van der Waals surface area (Å²) in [4.78, 5) is 35.3. The van der Waals surface area contributed by atoms with E-state index < -0.39 is 10.9 Å². The maximum absolute atomic E-state index is 12.7. The van der Waals surface area contributed by atoms with Gasteiger partial charge in [0, 0.05) is 12.3 Å². The van der Waals surface area contributed by atoms with E-state index in [0.717, 1.165) is 22.4 Å². The van der Waals surface area contributed by atoms with E-state index in [0.29, 0.717) is 18.0 Å². The van der Waals surface area contributed by atoms with Gasteiger partial charge in [0.2, 0.25) is 0 Å². The van der Waals surface area contributed by atoms with E-state index in [-0.39, 0.29) is 29.7 Å². The van der Waals surface area contributed by atoms with Crippen LogP contribution in [0.25, 0.3) is 0 Å². The standard InChI is InChI=1S/C37H32N2O7S/c1-43-31-16-12-29(13-17-31)37(27-8-4-2-5-9-27,28-10-6-3-7-11-28)47-25-24-38-35(40)26-44-32-20-22-34(23-21-32)46-36(41)45-33-18-14-30(39-42)15-19-33/h2-23H,24-26H2,1H3,(H,38,40). The van der Waals surface area contributed by atoms with Gasteiger partial charge in [-0.2, -0.15) is 0 Å². The normalized spacial score (nSPS) is 10.8. The number of rotatable bonds is 14. The van der Waals surface area contributed by atoms with Gasteiger partial charge in [0.15, 0.2) is 6.61 Å². The molecule has 0 heterocycles. The molecule has 5 rings (SSSR count). The molecule has 0 aromatic heterocycles. The summed E-state index contributed by atoms with van der Waals surface area (Å²) in [7, 11) is 1.65. The largest absolute Gasteiger partial charge is 0.519 e. The van der Waals surface area contributed by atoms with Crippen LogP contribution in [0.5, 0.6) is 23.0 Å². The van der Waals surface area contributed by atoms with Gasteiger partial charge in [-0.3, -0.25) is 4.79 Å². The zero-order valence-corrected chi connectivity index (χ0v) is 26.4. The van der Waals surface area contributed by atoms with Crippen molar-refractivity contribution in [1.82, 2.24) is 5.32 Å². The molecule has 238 valence electrons. The Bertz CT molecular complexity index is 1710. The van der Waals surface area contributed by atoms with E-state index in [1.54, 1.807) is 31.0 Å². The highest BCUT2D eigenvalue weighted by atomic mass is 32.2. The molecular weight excluding hydrogens is 616 g/mol. The summed E-state index contributed by atoms with van der Waals surface area (Å²) >= 11 is 1.74. The van der Waals surface area contributed by atoms with Crippen molar-refractivity contribution in [3.63, 3.8) is 0 Å². The van der Waals surface area contributed by atoms with E-state index in [1.165, 1.54) is 36.4 Å². The number of carbonyl (C=O) groups is 2. The minimum absolute atomic E-state index is 0.181. The Morgan fingerprint density at radius 1 is 0.660 bits per heavy atom. The van der Waals surface area contributed by atoms with Gasteiger partial charge in [-0.15, -0.1) is 16.7 Å². The van der Waals surface area contributed by atoms with Crippen molar-refractivity contribution < 1.29 is 28.5 Å². The van der Waals surface area contributed by atoms with Crippen LogP contribution in [0.1, 0.15) is 16.7 Å². The van der Waals surface area contributed by atoms with Crippen LogP contribution in [0, 0.1) is 4.91 Å². The predicted octanol–water partition coefficient (Wildman–Crippen LogP) is 7.89. The monoisotopic (exact) mass is 648 g/mol. The van der Waals surface area contributed by atoms with Crippen molar-refractivity contribution in [2.24, 2.45) is 5.18 Å². The first-order chi connectivity index (χ1) is 23.0. The molecule has 0 aliphatic heterocycles. The minimum Gasteiger partial charge on any atom is -0.497 e. The lowest BCUT2D eigenvalue weighted by molar-refractivity contribution is -0.122. The maximum atomic E-state index is 12.7. The lowest BCUT2D eigenvalue weighted by Crippen LogP contribution is -2.32. The SMILES string of the molecule is COc1ccc(C(SCCNC(=O)COc2ccc(OC(=O)Oc3ccc(N=O)cc3)cc2)(c2ccccc2)c2ccccc2)cc1. The van der Waals surface area contributed by atoms with Gasteiger partial charge in [-0.1, -0.05) is 72.8 Å². The molecule has 10 heteroatoms. The van der Waals surface area contributed by atoms with Gasteiger partial charge in [-0.05, 0) is 82.5 Å². The van der Waals surface area contributed by atoms with E-state index >= 15 is 0 Å². The Morgan fingerprint density at radius 3 is 1.68 bits per heavy atom. The average Bonchev–Trinajstić information content (AvgIpc) is 3.12. The zero-order valence-electron chi connectivity index (χ0n) is 25.5. The summed E-state index contributed by atoms with van der Waals surface area (Å²) in [6.07, 6.45) is -0.946. The smallest absolute Gasteiger partial charge is 0.497 e. The number of hydrogen-bond donors (Lipinski definition) is 1. The van der Waals surface area contributed by atoms with E-state index in [2.05, 4.69) is 46.9 Å². The number of methoxy groups -OCH3 is 1. The van der Waals surface area contributed by atoms with Gasteiger partial charge in [0.25, 0.3) is 5.91 Å². The Balaban J connectivity index is 1.15. The third kappa shape index (κ3) is 8.56.